The summed E-state index contributed by atoms with van der Waals surface area (Å²) >= 11 is 0. The van der Waals surface area contributed by atoms with E-state index in [0.29, 0.717) is 6.20 Å². The Labute approximate surface area is 84.5 Å². The van der Waals surface area contributed by atoms with E-state index in [1.807, 2.05) is 0 Å². The fourth-order valence-corrected chi connectivity index (χ4v) is 1.01. The van der Waals surface area contributed by atoms with Crippen molar-refractivity contribution < 1.29 is 23.0 Å². The summed E-state index contributed by atoms with van der Waals surface area (Å²) in [5.41, 5.74) is -0.680. The van der Waals surface area contributed by atoms with Crippen LogP contribution in [0.5, 0.6) is 0 Å². The van der Waals surface area contributed by atoms with Crippen molar-refractivity contribution in [3.63, 3.8) is 0 Å². The SMILES string of the molecule is COCC(O)c1ccc(C(F)(F)F)cn1. The lowest BCUT2D eigenvalue weighted by molar-refractivity contribution is -0.137. The third-order valence-corrected chi connectivity index (χ3v) is 1.78. The summed E-state index contributed by atoms with van der Waals surface area (Å²) in [5, 5.41) is 9.35. The molecule has 0 aromatic carbocycles. The first-order valence-electron chi connectivity index (χ1n) is 4.15. The number of methoxy groups -OCH3 is 1. The number of ether oxygens (including phenoxy) is 1. The minimum atomic E-state index is -4.41. The molecule has 0 aliphatic carbocycles. The molecule has 15 heavy (non-hydrogen) atoms. The van der Waals surface area contributed by atoms with Crippen LogP contribution in [0.4, 0.5) is 13.2 Å². The molecule has 0 spiro atoms. The summed E-state index contributed by atoms with van der Waals surface area (Å²) in [7, 11) is 1.38. The van der Waals surface area contributed by atoms with Crippen molar-refractivity contribution in [1.29, 1.82) is 0 Å². The summed E-state index contributed by atoms with van der Waals surface area (Å²) in [5.74, 6) is 0. The molecule has 0 bridgehead atoms. The molecule has 0 fully saturated rings. The van der Waals surface area contributed by atoms with Gasteiger partial charge in [0.1, 0.15) is 6.10 Å². The van der Waals surface area contributed by atoms with Gasteiger partial charge in [0.2, 0.25) is 0 Å². The van der Waals surface area contributed by atoms with Gasteiger partial charge in [-0.1, -0.05) is 0 Å². The predicted octanol–water partition coefficient (Wildman–Crippen LogP) is 1.78. The Morgan fingerprint density at radius 3 is 2.53 bits per heavy atom. The largest absolute Gasteiger partial charge is 0.417 e. The molecule has 1 heterocycles. The molecule has 1 atom stereocenters. The van der Waals surface area contributed by atoms with Gasteiger partial charge in [0.15, 0.2) is 0 Å². The molecule has 0 saturated carbocycles. The van der Waals surface area contributed by atoms with Crippen LogP contribution in [-0.4, -0.2) is 23.8 Å². The number of aliphatic hydroxyl groups excluding tert-OH is 1. The normalized spacial score (nSPS) is 13.9. The van der Waals surface area contributed by atoms with E-state index in [2.05, 4.69) is 9.72 Å². The first kappa shape index (κ1) is 11.9. The van der Waals surface area contributed by atoms with Crippen molar-refractivity contribution in [2.45, 2.75) is 12.3 Å². The minimum absolute atomic E-state index is 0.00162. The summed E-state index contributed by atoms with van der Waals surface area (Å²) in [6.07, 6.45) is -4.72. The quantitative estimate of drug-likeness (QED) is 0.845. The van der Waals surface area contributed by atoms with Crippen molar-refractivity contribution in [3.05, 3.63) is 29.6 Å². The summed E-state index contributed by atoms with van der Waals surface area (Å²) in [6.45, 7) is -0.00162. The van der Waals surface area contributed by atoms with Crippen LogP contribution in [0, 0.1) is 0 Å². The van der Waals surface area contributed by atoms with Gasteiger partial charge >= 0.3 is 6.18 Å². The van der Waals surface area contributed by atoms with Crippen LogP contribution in [0.1, 0.15) is 17.4 Å². The molecule has 0 aliphatic heterocycles. The Morgan fingerprint density at radius 2 is 2.13 bits per heavy atom. The number of aliphatic hydroxyl groups is 1. The second-order valence-electron chi connectivity index (χ2n) is 2.94. The van der Waals surface area contributed by atoms with Crippen LogP contribution in [0.25, 0.3) is 0 Å². The Kier molecular flexibility index (Phi) is 3.65. The second-order valence-corrected chi connectivity index (χ2v) is 2.94. The highest BCUT2D eigenvalue weighted by molar-refractivity contribution is 5.18. The van der Waals surface area contributed by atoms with Crippen molar-refractivity contribution in [3.8, 4) is 0 Å². The molecule has 0 saturated heterocycles. The highest BCUT2D eigenvalue weighted by atomic mass is 19.4. The Balaban J connectivity index is 2.81. The Hall–Kier alpha value is -1.14. The number of aromatic nitrogens is 1. The monoisotopic (exact) mass is 221 g/mol. The van der Waals surface area contributed by atoms with Gasteiger partial charge in [0.05, 0.1) is 17.9 Å². The number of hydrogen-bond donors (Lipinski definition) is 1. The fourth-order valence-electron chi connectivity index (χ4n) is 1.01. The smallest absolute Gasteiger partial charge is 0.384 e. The maximum atomic E-state index is 12.1. The Morgan fingerprint density at radius 1 is 1.47 bits per heavy atom. The number of rotatable bonds is 3. The second kappa shape index (κ2) is 4.59. The fraction of sp³-hybridized carbons (Fsp3) is 0.444. The van der Waals surface area contributed by atoms with Crippen molar-refractivity contribution in [2.24, 2.45) is 0 Å². The molecule has 0 amide bonds. The third-order valence-electron chi connectivity index (χ3n) is 1.78. The van der Waals surface area contributed by atoms with E-state index < -0.39 is 17.8 Å². The summed E-state index contributed by atoms with van der Waals surface area (Å²) in [6, 6.07) is 2.01. The maximum Gasteiger partial charge on any atom is 0.417 e. The van der Waals surface area contributed by atoms with Gasteiger partial charge in [-0.2, -0.15) is 13.2 Å². The van der Waals surface area contributed by atoms with E-state index >= 15 is 0 Å². The molecule has 6 heteroatoms. The number of pyridine rings is 1. The highest BCUT2D eigenvalue weighted by Crippen LogP contribution is 2.28. The van der Waals surface area contributed by atoms with Crippen LogP contribution in [0.15, 0.2) is 18.3 Å². The molecule has 84 valence electrons. The van der Waals surface area contributed by atoms with E-state index in [1.54, 1.807) is 0 Å². The lowest BCUT2D eigenvalue weighted by atomic mass is 10.2. The van der Waals surface area contributed by atoms with Crippen molar-refractivity contribution >= 4 is 0 Å². The molecule has 1 aromatic heterocycles. The standard InChI is InChI=1S/C9H10F3NO2/c1-15-5-8(14)7-3-2-6(4-13-7)9(10,11)12/h2-4,8,14H,5H2,1H3. The lowest BCUT2D eigenvalue weighted by Gasteiger charge is -2.10. The molecule has 3 nitrogen and oxygen atoms in total. The van der Waals surface area contributed by atoms with Gasteiger partial charge < -0.3 is 9.84 Å². The van der Waals surface area contributed by atoms with Gasteiger partial charge in [-0.3, -0.25) is 4.98 Å². The molecule has 1 unspecified atom stereocenters. The maximum absolute atomic E-state index is 12.1. The zero-order valence-electron chi connectivity index (χ0n) is 7.95. The van der Waals surface area contributed by atoms with Crippen molar-refractivity contribution in [1.82, 2.24) is 4.98 Å². The average Bonchev–Trinajstić information content (AvgIpc) is 2.17. The minimum Gasteiger partial charge on any atom is -0.384 e. The zero-order chi connectivity index (χ0) is 11.5. The molecule has 1 rings (SSSR count). The van der Waals surface area contributed by atoms with Gasteiger partial charge in [-0.25, -0.2) is 0 Å². The number of nitrogens with zero attached hydrogens (tertiary/aromatic N) is 1. The van der Waals surface area contributed by atoms with Crippen LogP contribution in [0.3, 0.4) is 0 Å². The number of hydrogen-bond acceptors (Lipinski definition) is 3. The highest BCUT2D eigenvalue weighted by Gasteiger charge is 2.30. The molecule has 0 radical (unpaired) electrons. The predicted molar refractivity (Wildman–Crippen MR) is 46.1 cm³/mol. The molecular formula is C9H10F3NO2. The molecule has 0 aliphatic rings. The summed E-state index contributed by atoms with van der Waals surface area (Å²) in [4.78, 5) is 3.51. The lowest BCUT2D eigenvalue weighted by Crippen LogP contribution is -2.10. The van der Waals surface area contributed by atoms with E-state index in [0.717, 1.165) is 12.1 Å². The Bertz CT molecular complexity index is 310. The number of alkyl halides is 3. The summed E-state index contributed by atoms with van der Waals surface area (Å²) < 4.78 is 41.1. The van der Waals surface area contributed by atoms with Crippen LogP contribution in [0.2, 0.25) is 0 Å². The number of halogens is 3. The first-order valence-corrected chi connectivity index (χ1v) is 4.15. The van der Waals surface area contributed by atoms with Crippen LogP contribution < -0.4 is 0 Å². The first-order chi connectivity index (χ1) is 6.95. The van der Waals surface area contributed by atoms with Crippen LogP contribution in [-0.2, 0) is 10.9 Å². The topological polar surface area (TPSA) is 42.4 Å². The van der Waals surface area contributed by atoms with Crippen molar-refractivity contribution in [2.75, 3.05) is 13.7 Å². The van der Waals surface area contributed by atoms with E-state index in [1.165, 1.54) is 7.11 Å². The van der Waals surface area contributed by atoms with Crippen LogP contribution >= 0.6 is 0 Å². The average molecular weight is 221 g/mol. The van der Waals surface area contributed by atoms with Gasteiger partial charge in [-0.15, -0.1) is 0 Å². The van der Waals surface area contributed by atoms with E-state index in [-0.39, 0.29) is 12.3 Å². The van der Waals surface area contributed by atoms with E-state index in [9.17, 15) is 18.3 Å². The van der Waals surface area contributed by atoms with Gasteiger partial charge in [-0.05, 0) is 12.1 Å². The van der Waals surface area contributed by atoms with E-state index in [4.69, 9.17) is 0 Å². The zero-order valence-corrected chi connectivity index (χ0v) is 7.95. The van der Waals surface area contributed by atoms with Gasteiger partial charge in [0.25, 0.3) is 0 Å². The van der Waals surface area contributed by atoms with Gasteiger partial charge in [0, 0.05) is 13.3 Å². The third kappa shape index (κ3) is 3.17. The molecule has 1 N–H and O–H groups in total. The molecular weight excluding hydrogens is 211 g/mol. The molecule has 1 aromatic rings.